The van der Waals surface area contributed by atoms with E-state index < -0.39 is 0 Å². The predicted molar refractivity (Wildman–Crippen MR) is 66.7 cm³/mol. The molecule has 0 atom stereocenters. The summed E-state index contributed by atoms with van der Waals surface area (Å²) in [5, 5.41) is 7.17. The van der Waals surface area contributed by atoms with Crippen LogP contribution in [0.25, 0.3) is 0 Å². The molecule has 84 valence electrons. The van der Waals surface area contributed by atoms with Crippen LogP contribution in [-0.4, -0.2) is 12.2 Å². The van der Waals surface area contributed by atoms with Crippen LogP contribution in [0.3, 0.4) is 0 Å². The van der Waals surface area contributed by atoms with Crippen molar-refractivity contribution in [2.24, 2.45) is 21.7 Å². The molecule has 4 heteroatoms. The monoisotopic (exact) mass is 208 g/mol. The average molecular weight is 208 g/mol. The van der Waals surface area contributed by atoms with Crippen molar-refractivity contribution < 1.29 is 0 Å². The number of guanidine groups is 1. The lowest BCUT2D eigenvalue weighted by Gasteiger charge is -1.95. The van der Waals surface area contributed by atoms with Gasteiger partial charge in [-0.2, -0.15) is 5.10 Å². The molecule has 0 radical (unpaired) electrons. The molecule has 4 N–H and O–H groups in total. The molecule has 0 saturated heterocycles. The van der Waals surface area contributed by atoms with Crippen molar-refractivity contribution in [3.05, 3.63) is 23.3 Å². The number of hydrogen-bond acceptors (Lipinski definition) is 2. The summed E-state index contributed by atoms with van der Waals surface area (Å²) in [6.45, 7) is 6.25. The van der Waals surface area contributed by atoms with Gasteiger partial charge in [-0.05, 0) is 39.7 Å². The summed E-state index contributed by atoms with van der Waals surface area (Å²) in [4.78, 5) is 0. The van der Waals surface area contributed by atoms with Crippen LogP contribution < -0.4 is 11.5 Å². The smallest absolute Gasteiger partial charge is 0.211 e. The van der Waals surface area contributed by atoms with Gasteiger partial charge in [0, 0.05) is 6.21 Å². The minimum absolute atomic E-state index is 0.0261. The first-order valence-corrected chi connectivity index (χ1v) is 4.93. The maximum Gasteiger partial charge on any atom is 0.211 e. The van der Waals surface area contributed by atoms with Crippen LogP contribution in [0.2, 0.25) is 0 Å². The molecule has 0 fully saturated rings. The third-order valence-electron chi connectivity index (χ3n) is 1.69. The zero-order valence-electron chi connectivity index (χ0n) is 9.70. The lowest BCUT2D eigenvalue weighted by molar-refractivity contribution is 0.969. The fourth-order valence-corrected chi connectivity index (χ4v) is 0.932. The molecule has 0 aromatic rings. The van der Waals surface area contributed by atoms with Gasteiger partial charge in [-0.15, -0.1) is 5.10 Å². The summed E-state index contributed by atoms with van der Waals surface area (Å²) in [7, 11) is 0. The molecule has 0 aliphatic carbocycles. The Kier molecular flexibility index (Phi) is 6.97. The van der Waals surface area contributed by atoms with E-state index in [1.54, 1.807) is 6.21 Å². The standard InChI is InChI=1S/C11H20N4/c1-9(2)5-4-6-10(3)7-8-14-15-11(12)13/h5,7-8H,4,6H2,1-3H3,(H4,12,13,15)/b10-7+,14-8-. The van der Waals surface area contributed by atoms with Gasteiger partial charge in [0.1, 0.15) is 0 Å². The van der Waals surface area contributed by atoms with Crippen molar-refractivity contribution in [1.82, 2.24) is 0 Å². The highest BCUT2D eigenvalue weighted by atomic mass is 15.3. The molecule has 0 aliphatic rings. The fraction of sp³-hybridized carbons (Fsp3) is 0.455. The van der Waals surface area contributed by atoms with Crippen molar-refractivity contribution in [2.75, 3.05) is 0 Å². The van der Waals surface area contributed by atoms with Crippen LogP contribution >= 0.6 is 0 Å². The van der Waals surface area contributed by atoms with E-state index in [1.165, 1.54) is 11.1 Å². The molecule has 0 spiro atoms. The van der Waals surface area contributed by atoms with Crippen molar-refractivity contribution >= 4 is 12.2 Å². The second kappa shape index (κ2) is 7.79. The number of allylic oxidation sites excluding steroid dienone is 4. The highest BCUT2D eigenvalue weighted by Crippen LogP contribution is 2.05. The van der Waals surface area contributed by atoms with Crippen LogP contribution in [0.15, 0.2) is 33.5 Å². The lowest BCUT2D eigenvalue weighted by atomic mass is 10.1. The highest BCUT2D eigenvalue weighted by molar-refractivity contribution is 5.77. The van der Waals surface area contributed by atoms with Gasteiger partial charge in [-0.25, -0.2) is 0 Å². The number of nitrogens with zero attached hydrogens (tertiary/aromatic N) is 2. The second-order valence-electron chi connectivity index (χ2n) is 3.62. The van der Waals surface area contributed by atoms with Crippen molar-refractivity contribution in [3.63, 3.8) is 0 Å². The molecule has 0 unspecified atom stereocenters. The molecule has 0 aromatic carbocycles. The fourth-order valence-electron chi connectivity index (χ4n) is 0.932. The third-order valence-corrected chi connectivity index (χ3v) is 1.69. The zero-order chi connectivity index (χ0) is 11.7. The quantitative estimate of drug-likeness (QED) is 0.313. The van der Waals surface area contributed by atoms with E-state index in [4.69, 9.17) is 11.5 Å². The van der Waals surface area contributed by atoms with Crippen molar-refractivity contribution in [2.45, 2.75) is 33.6 Å². The molecular weight excluding hydrogens is 188 g/mol. The normalized spacial score (nSPS) is 11.5. The Morgan fingerprint density at radius 3 is 2.40 bits per heavy atom. The lowest BCUT2D eigenvalue weighted by Crippen LogP contribution is -2.21. The van der Waals surface area contributed by atoms with E-state index in [2.05, 4.69) is 37.1 Å². The first-order valence-electron chi connectivity index (χ1n) is 4.93. The first-order chi connectivity index (χ1) is 7.02. The van der Waals surface area contributed by atoms with Crippen molar-refractivity contribution in [3.8, 4) is 0 Å². The van der Waals surface area contributed by atoms with E-state index in [0.717, 1.165) is 12.8 Å². The first kappa shape index (κ1) is 13.4. The topological polar surface area (TPSA) is 76.8 Å². The maximum absolute atomic E-state index is 5.11. The third kappa shape index (κ3) is 10.3. The number of hydrogen-bond donors (Lipinski definition) is 2. The minimum atomic E-state index is -0.0261. The maximum atomic E-state index is 5.11. The van der Waals surface area contributed by atoms with Crippen LogP contribution in [0.1, 0.15) is 33.6 Å². The summed E-state index contributed by atoms with van der Waals surface area (Å²) in [5.74, 6) is -0.0261. The minimum Gasteiger partial charge on any atom is -0.369 e. The van der Waals surface area contributed by atoms with E-state index in [-0.39, 0.29) is 5.96 Å². The van der Waals surface area contributed by atoms with Gasteiger partial charge in [0.15, 0.2) is 0 Å². The second-order valence-corrected chi connectivity index (χ2v) is 3.62. The molecular formula is C11H20N4. The van der Waals surface area contributed by atoms with E-state index in [0.29, 0.717) is 0 Å². The molecule has 15 heavy (non-hydrogen) atoms. The zero-order valence-corrected chi connectivity index (χ0v) is 9.70. The highest BCUT2D eigenvalue weighted by Gasteiger charge is 1.86. The van der Waals surface area contributed by atoms with Crippen molar-refractivity contribution in [1.29, 1.82) is 0 Å². The van der Waals surface area contributed by atoms with Crippen LogP contribution in [0.5, 0.6) is 0 Å². The summed E-state index contributed by atoms with van der Waals surface area (Å²) < 4.78 is 0. The van der Waals surface area contributed by atoms with Gasteiger partial charge in [0.25, 0.3) is 0 Å². The van der Waals surface area contributed by atoms with Crippen LogP contribution in [0, 0.1) is 0 Å². The van der Waals surface area contributed by atoms with Gasteiger partial charge >= 0.3 is 0 Å². The Morgan fingerprint density at radius 2 is 1.87 bits per heavy atom. The molecule has 0 heterocycles. The molecule has 0 rings (SSSR count). The predicted octanol–water partition coefficient (Wildman–Crippen LogP) is 1.94. The Balaban J connectivity index is 3.94. The summed E-state index contributed by atoms with van der Waals surface area (Å²) in [6, 6.07) is 0. The van der Waals surface area contributed by atoms with Crippen LogP contribution in [0.4, 0.5) is 0 Å². The number of rotatable bonds is 5. The number of nitrogens with two attached hydrogens (primary N) is 2. The van der Waals surface area contributed by atoms with Gasteiger partial charge in [0.05, 0.1) is 0 Å². The molecule has 0 bridgehead atoms. The summed E-state index contributed by atoms with van der Waals surface area (Å²) in [5.41, 5.74) is 12.8. The van der Waals surface area contributed by atoms with E-state index >= 15 is 0 Å². The van der Waals surface area contributed by atoms with Crippen LogP contribution in [-0.2, 0) is 0 Å². The average Bonchev–Trinajstić information content (AvgIpc) is 2.11. The van der Waals surface area contributed by atoms with E-state index in [9.17, 15) is 0 Å². The Bertz CT molecular complexity index is 290. The molecule has 0 aromatic heterocycles. The summed E-state index contributed by atoms with van der Waals surface area (Å²) in [6.07, 6.45) is 7.80. The van der Waals surface area contributed by atoms with Gasteiger partial charge < -0.3 is 11.5 Å². The SMILES string of the molecule is CC(C)=CCC/C(C)=C/C=N\N=C(N)N. The largest absolute Gasteiger partial charge is 0.369 e. The Labute approximate surface area is 91.5 Å². The van der Waals surface area contributed by atoms with E-state index in [1.807, 2.05) is 6.08 Å². The van der Waals surface area contributed by atoms with Gasteiger partial charge in [-0.1, -0.05) is 17.2 Å². The molecule has 4 nitrogen and oxygen atoms in total. The summed E-state index contributed by atoms with van der Waals surface area (Å²) >= 11 is 0. The molecule has 0 aliphatic heterocycles. The Hall–Kier alpha value is -1.58. The Morgan fingerprint density at radius 1 is 1.20 bits per heavy atom. The molecule has 0 saturated carbocycles. The van der Waals surface area contributed by atoms with Gasteiger partial charge in [0.2, 0.25) is 5.96 Å². The van der Waals surface area contributed by atoms with Gasteiger partial charge in [-0.3, -0.25) is 0 Å². The molecule has 0 amide bonds.